The number of hydrogen-bond donors (Lipinski definition) is 0. The molecule has 0 spiro atoms. The van der Waals surface area contributed by atoms with Gasteiger partial charge < -0.3 is 4.74 Å². The molecule has 0 aromatic rings. The Bertz CT molecular complexity index is 197. The number of rotatable bonds is 9. The second kappa shape index (κ2) is 11.1. The van der Waals surface area contributed by atoms with Crippen LogP contribution in [0.1, 0.15) is 59.3 Å². The topological polar surface area (TPSA) is 9.23 Å². The van der Waals surface area contributed by atoms with Crippen LogP contribution in [-0.2, 0) is 4.74 Å². The number of unbranched alkanes of at least 4 members (excludes halogenated alkanes) is 5. The van der Waals surface area contributed by atoms with Gasteiger partial charge in [-0.1, -0.05) is 58.6 Å². The molecule has 0 amide bonds. The van der Waals surface area contributed by atoms with Gasteiger partial charge in [0.2, 0.25) is 0 Å². The summed E-state index contributed by atoms with van der Waals surface area (Å²) >= 11 is 5.07. The van der Waals surface area contributed by atoms with Gasteiger partial charge in [0.25, 0.3) is 0 Å². The zero-order valence-corrected chi connectivity index (χ0v) is 11.8. The van der Waals surface area contributed by atoms with Crippen molar-refractivity contribution in [3.05, 3.63) is 12.2 Å². The molecule has 94 valence electrons. The molecule has 16 heavy (non-hydrogen) atoms. The molecule has 0 aliphatic heterocycles. The lowest BCUT2D eigenvalue weighted by atomic mass is 10.1. The minimum Gasteiger partial charge on any atom is -0.483 e. The fourth-order valence-corrected chi connectivity index (χ4v) is 1.42. The van der Waals surface area contributed by atoms with Crippen molar-refractivity contribution in [2.75, 3.05) is 6.61 Å². The molecule has 0 aromatic carbocycles. The summed E-state index contributed by atoms with van der Waals surface area (Å²) in [6.07, 6.45) is 12.2. The summed E-state index contributed by atoms with van der Waals surface area (Å²) in [5.74, 6) is 0.345. The third-order valence-corrected chi connectivity index (χ3v) is 3.02. The summed E-state index contributed by atoms with van der Waals surface area (Å²) in [6, 6.07) is 0. The Balaban J connectivity index is 3.25. The van der Waals surface area contributed by atoms with Gasteiger partial charge in [-0.05, 0) is 25.1 Å². The standard InChI is InChI=1S/C14H26OS/c1-4-5-6-7-8-9-10-11-12-15-14(16)13(2)3/h10-11,13H,4-9,12H2,1-3H3. The molecule has 0 unspecified atom stereocenters. The van der Waals surface area contributed by atoms with Crippen LogP contribution in [0.15, 0.2) is 12.2 Å². The Hall–Kier alpha value is -0.370. The predicted molar refractivity (Wildman–Crippen MR) is 75.9 cm³/mol. The fraction of sp³-hybridized carbons (Fsp3) is 0.786. The highest BCUT2D eigenvalue weighted by molar-refractivity contribution is 7.80. The van der Waals surface area contributed by atoms with Crippen molar-refractivity contribution in [1.29, 1.82) is 0 Å². The molecular weight excluding hydrogens is 216 g/mol. The van der Waals surface area contributed by atoms with Crippen LogP contribution in [-0.4, -0.2) is 11.7 Å². The van der Waals surface area contributed by atoms with Crippen LogP contribution >= 0.6 is 12.2 Å². The Kier molecular flexibility index (Phi) is 10.9. The van der Waals surface area contributed by atoms with Crippen LogP contribution in [0.2, 0.25) is 0 Å². The number of ether oxygens (including phenoxy) is 1. The van der Waals surface area contributed by atoms with Crippen LogP contribution in [0.4, 0.5) is 0 Å². The normalized spacial score (nSPS) is 11.2. The summed E-state index contributed by atoms with van der Waals surface area (Å²) in [4.78, 5) is 0. The van der Waals surface area contributed by atoms with Crippen LogP contribution in [0.3, 0.4) is 0 Å². The zero-order valence-electron chi connectivity index (χ0n) is 11.0. The van der Waals surface area contributed by atoms with Crippen LogP contribution in [0.25, 0.3) is 0 Å². The second-order valence-electron chi connectivity index (χ2n) is 4.46. The van der Waals surface area contributed by atoms with Gasteiger partial charge in [-0.2, -0.15) is 0 Å². The molecule has 0 bridgehead atoms. The van der Waals surface area contributed by atoms with E-state index in [1.165, 1.54) is 38.5 Å². The van der Waals surface area contributed by atoms with Gasteiger partial charge in [0.05, 0.1) is 0 Å². The highest BCUT2D eigenvalue weighted by atomic mass is 32.1. The number of thiocarbonyl (C=S) groups is 1. The van der Waals surface area contributed by atoms with E-state index in [0.29, 0.717) is 17.6 Å². The first-order chi connectivity index (χ1) is 7.68. The molecule has 2 heteroatoms. The van der Waals surface area contributed by atoms with Gasteiger partial charge in [-0.15, -0.1) is 0 Å². The Morgan fingerprint density at radius 1 is 1.12 bits per heavy atom. The predicted octanol–water partition coefficient (Wildman–Crippen LogP) is 4.90. The molecule has 0 saturated carbocycles. The highest BCUT2D eigenvalue weighted by Gasteiger charge is 2.00. The van der Waals surface area contributed by atoms with Crippen LogP contribution < -0.4 is 0 Å². The Labute approximate surface area is 106 Å². The number of allylic oxidation sites excluding steroid dienone is 1. The quantitative estimate of drug-likeness (QED) is 0.323. The first-order valence-electron chi connectivity index (χ1n) is 6.50. The van der Waals surface area contributed by atoms with Gasteiger partial charge in [-0.25, -0.2) is 0 Å². The maximum Gasteiger partial charge on any atom is 0.162 e. The van der Waals surface area contributed by atoms with Crippen molar-refractivity contribution in [2.24, 2.45) is 5.92 Å². The molecular formula is C14H26OS. The summed E-state index contributed by atoms with van der Waals surface area (Å²) in [5.41, 5.74) is 0. The SMILES string of the molecule is CCCCCCCC=CCOC(=S)C(C)C. The van der Waals surface area contributed by atoms with Crippen molar-refractivity contribution in [3.8, 4) is 0 Å². The van der Waals surface area contributed by atoms with E-state index in [9.17, 15) is 0 Å². The summed E-state index contributed by atoms with van der Waals surface area (Å²) in [5, 5.41) is 0.715. The lowest BCUT2D eigenvalue weighted by Gasteiger charge is -2.07. The fourth-order valence-electron chi connectivity index (χ4n) is 1.35. The maximum atomic E-state index is 5.39. The van der Waals surface area contributed by atoms with E-state index in [0.717, 1.165) is 0 Å². The lowest BCUT2D eigenvalue weighted by Crippen LogP contribution is -2.08. The van der Waals surface area contributed by atoms with Gasteiger partial charge in [0.1, 0.15) is 6.61 Å². The smallest absolute Gasteiger partial charge is 0.162 e. The summed E-state index contributed by atoms with van der Waals surface area (Å²) in [6.45, 7) is 6.99. The highest BCUT2D eigenvalue weighted by Crippen LogP contribution is 2.05. The first kappa shape index (κ1) is 15.6. The molecule has 0 aromatic heterocycles. The average molecular weight is 242 g/mol. The zero-order chi connectivity index (χ0) is 12.2. The van der Waals surface area contributed by atoms with Crippen molar-refractivity contribution in [1.82, 2.24) is 0 Å². The molecule has 0 heterocycles. The largest absolute Gasteiger partial charge is 0.483 e. The molecule has 0 aliphatic carbocycles. The van der Waals surface area contributed by atoms with Crippen molar-refractivity contribution < 1.29 is 4.74 Å². The van der Waals surface area contributed by atoms with Crippen molar-refractivity contribution >= 4 is 17.3 Å². The van der Waals surface area contributed by atoms with E-state index < -0.39 is 0 Å². The van der Waals surface area contributed by atoms with E-state index in [-0.39, 0.29) is 0 Å². The second-order valence-corrected chi connectivity index (χ2v) is 4.86. The van der Waals surface area contributed by atoms with E-state index in [2.05, 4.69) is 32.9 Å². The van der Waals surface area contributed by atoms with E-state index in [1.54, 1.807) is 0 Å². The first-order valence-corrected chi connectivity index (χ1v) is 6.91. The monoisotopic (exact) mass is 242 g/mol. The molecule has 0 saturated heterocycles. The molecule has 0 N–H and O–H groups in total. The van der Waals surface area contributed by atoms with Crippen LogP contribution in [0, 0.1) is 5.92 Å². The molecule has 0 atom stereocenters. The van der Waals surface area contributed by atoms with Gasteiger partial charge in [-0.3, -0.25) is 0 Å². The third kappa shape index (κ3) is 10.2. The molecule has 0 aliphatic rings. The lowest BCUT2D eigenvalue weighted by molar-refractivity contribution is 0.338. The summed E-state index contributed by atoms with van der Waals surface area (Å²) < 4.78 is 5.39. The Morgan fingerprint density at radius 2 is 1.81 bits per heavy atom. The average Bonchev–Trinajstić information content (AvgIpc) is 2.26. The van der Waals surface area contributed by atoms with Gasteiger partial charge in [0, 0.05) is 5.92 Å². The molecule has 0 radical (unpaired) electrons. The third-order valence-electron chi connectivity index (χ3n) is 2.43. The van der Waals surface area contributed by atoms with Crippen LogP contribution in [0.5, 0.6) is 0 Å². The molecule has 0 fully saturated rings. The van der Waals surface area contributed by atoms with Gasteiger partial charge in [0.15, 0.2) is 5.05 Å². The van der Waals surface area contributed by atoms with Crippen molar-refractivity contribution in [3.63, 3.8) is 0 Å². The van der Waals surface area contributed by atoms with Gasteiger partial charge >= 0.3 is 0 Å². The van der Waals surface area contributed by atoms with E-state index >= 15 is 0 Å². The minimum atomic E-state index is 0.345. The Morgan fingerprint density at radius 3 is 2.44 bits per heavy atom. The van der Waals surface area contributed by atoms with E-state index in [1.807, 2.05) is 0 Å². The molecule has 1 nitrogen and oxygen atoms in total. The van der Waals surface area contributed by atoms with Crippen molar-refractivity contribution in [2.45, 2.75) is 59.3 Å². The number of hydrogen-bond acceptors (Lipinski definition) is 2. The maximum absolute atomic E-state index is 5.39. The summed E-state index contributed by atoms with van der Waals surface area (Å²) in [7, 11) is 0. The minimum absolute atomic E-state index is 0.345. The molecule has 0 rings (SSSR count). The van der Waals surface area contributed by atoms with E-state index in [4.69, 9.17) is 17.0 Å².